The van der Waals surface area contributed by atoms with E-state index < -0.39 is 0 Å². The maximum atomic E-state index is 12.3. The number of carbonyl (C=O) groups excluding carboxylic acids is 1. The van der Waals surface area contributed by atoms with Gasteiger partial charge >= 0.3 is 0 Å². The number of nitrogens with zero attached hydrogens (tertiary/aromatic N) is 6. The molecule has 0 aliphatic carbocycles. The van der Waals surface area contributed by atoms with Crippen molar-refractivity contribution in [1.82, 2.24) is 25.1 Å². The van der Waals surface area contributed by atoms with Gasteiger partial charge in [0.05, 0.1) is 12.3 Å². The molecule has 1 aromatic carbocycles. The number of hydrogen-bond donors (Lipinski definition) is 0. The van der Waals surface area contributed by atoms with Gasteiger partial charge in [0, 0.05) is 33.4 Å². The first-order valence-corrected chi connectivity index (χ1v) is 8.50. The summed E-state index contributed by atoms with van der Waals surface area (Å²) in [5.74, 6) is 0.328. The number of rotatable bonds is 8. The summed E-state index contributed by atoms with van der Waals surface area (Å²) >= 11 is 1.33. The average Bonchev–Trinajstić information content (AvgIpc) is 3.00. The monoisotopic (exact) mass is 346 g/mol. The van der Waals surface area contributed by atoms with Gasteiger partial charge in [-0.15, -0.1) is 11.7 Å². The van der Waals surface area contributed by atoms with Gasteiger partial charge < -0.3 is 9.80 Å². The molecule has 0 saturated carbocycles. The highest BCUT2D eigenvalue weighted by Crippen LogP contribution is 2.16. The molecule has 0 saturated heterocycles. The Morgan fingerprint density at radius 2 is 2.00 bits per heavy atom. The van der Waals surface area contributed by atoms with Crippen molar-refractivity contribution in [3.8, 4) is 0 Å². The van der Waals surface area contributed by atoms with Crippen LogP contribution in [0.5, 0.6) is 0 Å². The second kappa shape index (κ2) is 8.49. The first-order chi connectivity index (χ1) is 11.5. The molecule has 7 nitrogen and oxygen atoms in total. The number of amides is 1. The fraction of sp³-hybridized carbons (Fsp3) is 0.375. The van der Waals surface area contributed by atoms with Crippen LogP contribution >= 0.6 is 11.8 Å². The highest BCUT2D eigenvalue weighted by molar-refractivity contribution is 7.99. The third kappa shape index (κ3) is 4.82. The lowest BCUT2D eigenvalue weighted by atomic mass is 10.2. The number of hydrogen-bond acceptors (Lipinski definition) is 6. The van der Waals surface area contributed by atoms with E-state index in [-0.39, 0.29) is 5.91 Å². The molecule has 0 aliphatic rings. The van der Waals surface area contributed by atoms with E-state index in [9.17, 15) is 4.79 Å². The lowest BCUT2D eigenvalue weighted by Gasteiger charge is -2.18. The number of thioether (sulfide) groups is 1. The molecule has 0 radical (unpaired) electrons. The van der Waals surface area contributed by atoms with Crippen molar-refractivity contribution < 1.29 is 4.79 Å². The Kier molecular flexibility index (Phi) is 6.36. The molecular weight excluding hydrogens is 324 g/mol. The number of aromatic nitrogens is 4. The fourth-order valence-electron chi connectivity index (χ4n) is 2.03. The lowest BCUT2D eigenvalue weighted by molar-refractivity contribution is -0.127. The van der Waals surface area contributed by atoms with Gasteiger partial charge in [-0.05, 0) is 28.1 Å². The van der Waals surface area contributed by atoms with Crippen LogP contribution in [-0.4, -0.2) is 57.9 Å². The zero-order chi connectivity index (χ0) is 17.5. The molecule has 2 aromatic rings. The Morgan fingerprint density at radius 1 is 1.29 bits per heavy atom. The van der Waals surface area contributed by atoms with E-state index in [1.54, 1.807) is 22.7 Å². The minimum Gasteiger partial charge on any atom is -0.378 e. The van der Waals surface area contributed by atoms with Crippen molar-refractivity contribution in [2.45, 2.75) is 18.2 Å². The second-order valence-electron chi connectivity index (χ2n) is 5.53. The summed E-state index contributed by atoms with van der Waals surface area (Å²) in [5.41, 5.74) is 2.23. The van der Waals surface area contributed by atoms with E-state index in [0.717, 1.165) is 11.3 Å². The number of carbonyl (C=O) groups is 1. The van der Waals surface area contributed by atoms with Crippen molar-refractivity contribution in [2.75, 3.05) is 31.8 Å². The standard InChI is InChI=1S/C16H22N6OS/c1-5-10-22-16(17-18-19-22)24-12-15(23)21(4)11-13-6-8-14(9-7-13)20(2)3/h5-9H,1,10-12H2,2-4H3. The van der Waals surface area contributed by atoms with Gasteiger partial charge in [0.25, 0.3) is 0 Å². The maximum Gasteiger partial charge on any atom is 0.233 e. The third-order valence-corrected chi connectivity index (χ3v) is 4.37. The first kappa shape index (κ1) is 18.0. The van der Waals surface area contributed by atoms with E-state index in [2.05, 4.69) is 22.1 Å². The second-order valence-corrected chi connectivity index (χ2v) is 6.47. The van der Waals surface area contributed by atoms with Crippen molar-refractivity contribution in [2.24, 2.45) is 0 Å². The molecule has 2 rings (SSSR count). The normalized spacial score (nSPS) is 10.5. The molecule has 0 aliphatic heterocycles. The quantitative estimate of drug-likeness (QED) is 0.535. The minimum atomic E-state index is 0.0323. The van der Waals surface area contributed by atoms with Gasteiger partial charge in [0.1, 0.15) is 0 Å². The topological polar surface area (TPSA) is 67.2 Å². The molecule has 0 N–H and O–H groups in total. The van der Waals surface area contributed by atoms with Gasteiger partial charge in [0.2, 0.25) is 11.1 Å². The first-order valence-electron chi connectivity index (χ1n) is 7.51. The Hall–Kier alpha value is -2.35. The number of tetrazole rings is 1. The summed E-state index contributed by atoms with van der Waals surface area (Å²) in [7, 11) is 5.80. The third-order valence-electron chi connectivity index (χ3n) is 3.42. The molecule has 0 unspecified atom stereocenters. The molecule has 0 bridgehead atoms. The van der Waals surface area contributed by atoms with Crippen LogP contribution in [0.1, 0.15) is 5.56 Å². The van der Waals surface area contributed by atoms with Crippen LogP contribution in [0.4, 0.5) is 5.69 Å². The molecule has 0 fully saturated rings. The van der Waals surface area contributed by atoms with Crippen LogP contribution in [-0.2, 0) is 17.9 Å². The largest absolute Gasteiger partial charge is 0.378 e. The number of allylic oxidation sites excluding steroid dienone is 1. The van der Waals surface area contributed by atoms with Crippen LogP contribution in [0.2, 0.25) is 0 Å². The maximum absolute atomic E-state index is 12.3. The van der Waals surface area contributed by atoms with Crippen LogP contribution in [0.3, 0.4) is 0 Å². The van der Waals surface area contributed by atoms with Crippen molar-refractivity contribution >= 4 is 23.4 Å². The fourth-order valence-corrected chi connectivity index (χ4v) is 2.86. The van der Waals surface area contributed by atoms with Crippen molar-refractivity contribution in [3.05, 3.63) is 42.5 Å². The highest BCUT2D eigenvalue weighted by Gasteiger charge is 2.13. The molecule has 128 valence electrons. The van der Waals surface area contributed by atoms with Gasteiger partial charge in [-0.1, -0.05) is 30.0 Å². The molecule has 0 atom stereocenters. The summed E-state index contributed by atoms with van der Waals surface area (Å²) in [4.78, 5) is 16.0. The molecule has 0 spiro atoms. The smallest absolute Gasteiger partial charge is 0.233 e. The summed E-state index contributed by atoms with van der Waals surface area (Å²) < 4.78 is 1.62. The van der Waals surface area contributed by atoms with E-state index in [1.165, 1.54) is 11.8 Å². The van der Waals surface area contributed by atoms with Crippen LogP contribution in [0, 0.1) is 0 Å². The van der Waals surface area contributed by atoms with Crippen LogP contribution in [0.25, 0.3) is 0 Å². The Bertz CT molecular complexity index is 682. The predicted molar refractivity (Wildman–Crippen MR) is 96.0 cm³/mol. The molecule has 1 aromatic heterocycles. The van der Waals surface area contributed by atoms with Crippen molar-refractivity contribution in [3.63, 3.8) is 0 Å². The summed E-state index contributed by atoms with van der Waals surface area (Å²) in [6, 6.07) is 8.17. The predicted octanol–water partition coefficient (Wildman–Crippen LogP) is 1.68. The molecule has 8 heteroatoms. The van der Waals surface area contributed by atoms with Gasteiger partial charge in [0.15, 0.2) is 0 Å². The average molecular weight is 346 g/mol. The Labute approximate surface area is 146 Å². The van der Waals surface area contributed by atoms with Crippen LogP contribution in [0.15, 0.2) is 42.1 Å². The number of anilines is 1. The molecule has 1 amide bonds. The summed E-state index contributed by atoms with van der Waals surface area (Å²) in [5, 5.41) is 12.0. The lowest BCUT2D eigenvalue weighted by Crippen LogP contribution is -2.28. The molecular formula is C16H22N6OS. The minimum absolute atomic E-state index is 0.0323. The molecule has 1 heterocycles. The Balaban J connectivity index is 1.87. The molecule has 24 heavy (non-hydrogen) atoms. The van der Waals surface area contributed by atoms with E-state index >= 15 is 0 Å². The summed E-state index contributed by atoms with van der Waals surface area (Å²) in [6.45, 7) is 4.76. The Morgan fingerprint density at radius 3 is 2.62 bits per heavy atom. The zero-order valence-corrected chi connectivity index (χ0v) is 15.0. The van der Waals surface area contributed by atoms with E-state index in [1.807, 2.05) is 43.3 Å². The summed E-state index contributed by atoms with van der Waals surface area (Å²) in [6.07, 6.45) is 1.71. The van der Waals surface area contributed by atoms with Crippen LogP contribution < -0.4 is 4.90 Å². The van der Waals surface area contributed by atoms with Gasteiger partial charge in [-0.3, -0.25) is 4.79 Å². The zero-order valence-electron chi connectivity index (χ0n) is 14.2. The van der Waals surface area contributed by atoms with E-state index in [0.29, 0.717) is 24.0 Å². The van der Waals surface area contributed by atoms with Crippen molar-refractivity contribution in [1.29, 1.82) is 0 Å². The van der Waals surface area contributed by atoms with Gasteiger partial charge in [-0.2, -0.15) is 0 Å². The van der Waals surface area contributed by atoms with Gasteiger partial charge in [-0.25, -0.2) is 4.68 Å². The SMILES string of the molecule is C=CCn1nnnc1SCC(=O)N(C)Cc1ccc(N(C)C)cc1. The van der Waals surface area contributed by atoms with E-state index in [4.69, 9.17) is 0 Å². The number of benzene rings is 1. The highest BCUT2D eigenvalue weighted by atomic mass is 32.2.